The van der Waals surface area contributed by atoms with Crippen molar-refractivity contribution in [3.8, 4) is 0 Å². The van der Waals surface area contributed by atoms with Gasteiger partial charge in [-0.1, -0.05) is 18.6 Å². The van der Waals surface area contributed by atoms with Gasteiger partial charge in [0.25, 0.3) is 0 Å². The Morgan fingerprint density at radius 1 is 1.39 bits per heavy atom. The van der Waals surface area contributed by atoms with Gasteiger partial charge in [0.15, 0.2) is 0 Å². The fraction of sp³-hybridized carbons (Fsp3) is 0.667. The third kappa shape index (κ3) is 3.98. The van der Waals surface area contributed by atoms with E-state index in [1.54, 1.807) is 5.57 Å². The van der Waals surface area contributed by atoms with Crippen LogP contribution in [-0.4, -0.2) is 16.1 Å². The Balaban J connectivity index is 1.68. The van der Waals surface area contributed by atoms with Crippen molar-refractivity contribution in [2.75, 3.05) is 6.54 Å². The van der Waals surface area contributed by atoms with Crippen LogP contribution in [0.25, 0.3) is 0 Å². The topological polar surface area (TPSA) is 29.9 Å². The molecule has 3 heteroatoms. The van der Waals surface area contributed by atoms with E-state index in [9.17, 15) is 0 Å². The molecule has 0 saturated heterocycles. The minimum absolute atomic E-state index is 0.938. The Morgan fingerprint density at radius 2 is 2.33 bits per heavy atom. The van der Waals surface area contributed by atoms with Gasteiger partial charge in [-0.2, -0.15) is 0 Å². The molecule has 3 nitrogen and oxygen atoms in total. The number of allylic oxidation sites excluding steroid dienone is 1. The molecule has 1 N–H and O–H groups in total. The van der Waals surface area contributed by atoms with Gasteiger partial charge in [0.1, 0.15) is 0 Å². The van der Waals surface area contributed by atoms with Crippen molar-refractivity contribution in [2.24, 2.45) is 0 Å². The van der Waals surface area contributed by atoms with Gasteiger partial charge in [-0.3, -0.25) is 0 Å². The molecule has 100 valence electrons. The van der Waals surface area contributed by atoms with E-state index >= 15 is 0 Å². The quantitative estimate of drug-likeness (QED) is 0.592. The SMILES string of the molecule is CCCn1cncc1CNCCC1=CCCCC1. The lowest BCUT2D eigenvalue weighted by molar-refractivity contribution is 0.590. The predicted molar refractivity (Wildman–Crippen MR) is 75.4 cm³/mol. The maximum atomic E-state index is 4.22. The Morgan fingerprint density at radius 3 is 3.11 bits per heavy atom. The molecule has 0 aromatic carbocycles. The van der Waals surface area contributed by atoms with Crippen LogP contribution >= 0.6 is 0 Å². The molecule has 0 saturated carbocycles. The van der Waals surface area contributed by atoms with E-state index in [2.05, 4.69) is 27.9 Å². The molecule has 0 aliphatic heterocycles. The number of nitrogens with zero attached hydrogens (tertiary/aromatic N) is 2. The Labute approximate surface area is 110 Å². The van der Waals surface area contributed by atoms with Crippen molar-refractivity contribution in [1.82, 2.24) is 14.9 Å². The van der Waals surface area contributed by atoms with Crippen LogP contribution in [0.15, 0.2) is 24.2 Å². The van der Waals surface area contributed by atoms with Gasteiger partial charge in [-0.15, -0.1) is 0 Å². The molecule has 1 aliphatic carbocycles. The standard InChI is InChI=1S/C15H25N3/c1-2-10-18-13-17-12-15(18)11-16-9-8-14-6-4-3-5-7-14/h6,12-13,16H,2-5,7-11H2,1H3. The summed E-state index contributed by atoms with van der Waals surface area (Å²) in [6.45, 7) is 5.30. The predicted octanol–water partition coefficient (Wildman–Crippen LogP) is 3.27. The average molecular weight is 247 g/mol. The zero-order valence-electron chi connectivity index (χ0n) is 11.5. The molecular weight excluding hydrogens is 222 g/mol. The molecule has 0 spiro atoms. The molecule has 1 aromatic heterocycles. The first-order valence-corrected chi connectivity index (χ1v) is 7.27. The first kappa shape index (κ1) is 13.3. The lowest BCUT2D eigenvalue weighted by atomic mass is 9.97. The van der Waals surface area contributed by atoms with E-state index in [1.165, 1.54) is 37.8 Å². The van der Waals surface area contributed by atoms with Crippen LogP contribution in [-0.2, 0) is 13.1 Å². The summed E-state index contributed by atoms with van der Waals surface area (Å²) in [5.74, 6) is 0. The minimum atomic E-state index is 0.938. The summed E-state index contributed by atoms with van der Waals surface area (Å²) in [6.07, 6.45) is 14.1. The van der Waals surface area contributed by atoms with E-state index < -0.39 is 0 Å². The maximum absolute atomic E-state index is 4.22. The van der Waals surface area contributed by atoms with Crippen molar-refractivity contribution >= 4 is 0 Å². The maximum Gasteiger partial charge on any atom is 0.0948 e. The fourth-order valence-electron chi connectivity index (χ4n) is 2.53. The number of nitrogens with one attached hydrogen (secondary N) is 1. The van der Waals surface area contributed by atoms with Crippen LogP contribution in [0, 0.1) is 0 Å². The Hall–Kier alpha value is -1.09. The highest BCUT2D eigenvalue weighted by Crippen LogP contribution is 2.19. The van der Waals surface area contributed by atoms with Gasteiger partial charge in [0.05, 0.1) is 12.0 Å². The first-order valence-electron chi connectivity index (χ1n) is 7.27. The Bertz CT molecular complexity index is 379. The summed E-state index contributed by atoms with van der Waals surface area (Å²) in [6, 6.07) is 0. The molecule has 0 bridgehead atoms. The Kier molecular flexibility index (Phi) is 5.46. The number of aromatic nitrogens is 2. The van der Waals surface area contributed by atoms with Gasteiger partial charge < -0.3 is 9.88 Å². The highest BCUT2D eigenvalue weighted by molar-refractivity contribution is 5.05. The van der Waals surface area contributed by atoms with Crippen LogP contribution in [0.4, 0.5) is 0 Å². The summed E-state index contributed by atoms with van der Waals surface area (Å²) in [4.78, 5) is 4.22. The molecule has 1 aromatic rings. The normalized spacial score (nSPS) is 15.7. The molecule has 0 radical (unpaired) electrons. The van der Waals surface area contributed by atoms with E-state index in [0.29, 0.717) is 0 Å². The molecule has 2 rings (SSSR count). The van der Waals surface area contributed by atoms with E-state index in [4.69, 9.17) is 0 Å². The zero-order valence-corrected chi connectivity index (χ0v) is 11.5. The smallest absolute Gasteiger partial charge is 0.0948 e. The second kappa shape index (κ2) is 7.37. The van der Waals surface area contributed by atoms with Gasteiger partial charge >= 0.3 is 0 Å². The molecule has 0 unspecified atom stereocenters. The largest absolute Gasteiger partial charge is 0.333 e. The average Bonchev–Trinajstić information content (AvgIpc) is 2.84. The van der Waals surface area contributed by atoms with Gasteiger partial charge in [0.2, 0.25) is 0 Å². The van der Waals surface area contributed by atoms with Gasteiger partial charge in [0, 0.05) is 19.3 Å². The van der Waals surface area contributed by atoms with Crippen molar-refractivity contribution < 1.29 is 0 Å². The van der Waals surface area contributed by atoms with Gasteiger partial charge in [-0.05, 0) is 45.1 Å². The van der Waals surface area contributed by atoms with Crippen LogP contribution in [0.3, 0.4) is 0 Å². The van der Waals surface area contributed by atoms with E-state index in [0.717, 1.165) is 26.1 Å². The molecule has 0 fully saturated rings. The molecule has 0 atom stereocenters. The summed E-state index contributed by atoms with van der Waals surface area (Å²) in [5, 5.41) is 3.53. The van der Waals surface area contributed by atoms with Crippen molar-refractivity contribution in [3.63, 3.8) is 0 Å². The lowest BCUT2D eigenvalue weighted by Crippen LogP contribution is -2.18. The fourth-order valence-corrected chi connectivity index (χ4v) is 2.53. The van der Waals surface area contributed by atoms with Crippen LogP contribution in [0.2, 0.25) is 0 Å². The number of imidazole rings is 1. The number of hydrogen-bond donors (Lipinski definition) is 1. The first-order chi connectivity index (χ1) is 8.90. The third-order valence-corrected chi connectivity index (χ3v) is 3.58. The van der Waals surface area contributed by atoms with Crippen LogP contribution < -0.4 is 5.32 Å². The monoisotopic (exact) mass is 247 g/mol. The second-order valence-corrected chi connectivity index (χ2v) is 5.11. The third-order valence-electron chi connectivity index (χ3n) is 3.58. The number of aryl methyl sites for hydroxylation is 1. The zero-order chi connectivity index (χ0) is 12.6. The highest BCUT2D eigenvalue weighted by Gasteiger charge is 2.04. The summed E-state index contributed by atoms with van der Waals surface area (Å²) in [7, 11) is 0. The van der Waals surface area contributed by atoms with Crippen LogP contribution in [0.5, 0.6) is 0 Å². The van der Waals surface area contributed by atoms with Crippen molar-refractivity contribution in [2.45, 2.75) is 58.5 Å². The second-order valence-electron chi connectivity index (χ2n) is 5.11. The summed E-state index contributed by atoms with van der Waals surface area (Å²) >= 11 is 0. The molecule has 0 amide bonds. The lowest BCUT2D eigenvalue weighted by Gasteiger charge is -2.13. The minimum Gasteiger partial charge on any atom is -0.333 e. The molecule has 18 heavy (non-hydrogen) atoms. The van der Waals surface area contributed by atoms with Crippen LogP contribution in [0.1, 0.15) is 51.1 Å². The van der Waals surface area contributed by atoms with E-state index in [-0.39, 0.29) is 0 Å². The van der Waals surface area contributed by atoms with Crippen molar-refractivity contribution in [1.29, 1.82) is 0 Å². The molecule has 1 heterocycles. The number of hydrogen-bond acceptors (Lipinski definition) is 2. The van der Waals surface area contributed by atoms with Crippen molar-refractivity contribution in [3.05, 3.63) is 29.9 Å². The molecule has 1 aliphatic rings. The van der Waals surface area contributed by atoms with Gasteiger partial charge in [-0.25, -0.2) is 4.98 Å². The summed E-state index contributed by atoms with van der Waals surface area (Å²) < 4.78 is 2.24. The van der Waals surface area contributed by atoms with E-state index in [1.807, 2.05) is 12.5 Å². The summed E-state index contributed by atoms with van der Waals surface area (Å²) in [5.41, 5.74) is 2.95. The molecular formula is C15H25N3. The number of rotatable bonds is 7. The highest BCUT2D eigenvalue weighted by atomic mass is 15.1.